The molecular weight excluding hydrogens is 218 g/mol. The summed E-state index contributed by atoms with van der Waals surface area (Å²) >= 11 is 0. The molecule has 1 aliphatic rings. The van der Waals surface area contributed by atoms with Crippen molar-refractivity contribution >= 4 is 11.8 Å². The molecule has 5 nitrogen and oxygen atoms in total. The van der Waals surface area contributed by atoms with Crippen molar-refractivity contribution < 1.29 is 9.59 Å². The highest BCUT2D eigenvalue weighted by molar-refractivity contribution is 5.87. The first-order valence-electron chi connectivity index (χ1n) is 5.88. The van der Waals surface area contributed by atoms with Crippen LogP contribution in [-0.2, 0) is 9.59 Å². The lowest BCUT2D eigenvalue weighted by atomic mass is 10.2. The lowest BCUT2D eigenvalue weighted by Gasteiger charge is -2.34. The molecule has 0 N–H and O–H groups in total. The summed E-state index contributed by atoms with van der Waals surface area (Å²) in [6.07, 6.45) is 1.90. The fourth-order valence-corrected chi connectivity index (χ4v) is 1.80. The molecule has 1 heterocycles. The Bertz CT molecular complexity index is 294. The van der Waals surface area contributed by atoms with Crippen molar-refractivity contribution in [2.75, 3.05) is 46.8 Å². The van der Waals surface area contributed by atoms with E-state index in [2.05, 4.69) is 11.5 Å². The summed E-state index contributed by atoms with van der Waals surface area (Å²) in [6, 6.07) is 0. The third kappa shape index (κ3) is 4.19. The molecule has 2 amide bonds. The first-order chi connectivity index (χ1) is 8.04. The van der Waals surface area contributed by atoms with Gasteiger partial charge in [0, 0.05) is 53.2 Å². The zero-order chi connectivity index (χ0) is 12.8. The molecule has 0 atom stereocenters. The maximum atomic E-state index is 11.4. The van der Waals surface area contributed by atoms with Crippen molar-refractivity contribution in [2.24, 2.45) is 0 Å². The lowest BCUT2D eigenvalue weighted by molar-refractivity contribution is -0.130. The molecule has 1 saturated heterocycles. The summed E-state index contributed by atoms with van der Waals surface area (Å²) < 4.78 is 0. The van der Waals surface area contributed by atoms with E-state index in [0.29, 0.717) is 6.42 Å². The van der Waals surface area contributed by atoms with Crippen LogP contribution in [0.5, 0.6) is 0 Å². The van der Waals surface area contributed by atoms with Gasteiger partial charge in [0.15, 0.2) is 0 Å². The quantitative estimate of drug-likeness (QED) is 0.638. The second kappa shape index (κ2) is 6.39. The van der Waals surface area contributed by atoms with Crippen LogP contribution in [-0.4, -0.2) is 73.3 Å². The fourth-order valence-electron chi connectivity index (χ4n) is 1.80. The Morgan fingerprint density at radius 2 is 1.82 bits per heavy atom. The summed E-state index contributed by atoms with van der Waals surface area (Å²) in [5, 5.41) is 0. The van der Waals surface area contributed by atoms with Gasteiger partial charge in [-0.15, -0.1) is 0 Å². The van der Waals surface area contributed by atoms with Crippen molar-refractivity contribution in [3.8, 4) is 0 Å². The highest BCUT2D eigenvalue weighted by Gasteiger charge is 2.19. The third-order valence-corrected chi connectivity index (χ3v) is 3.00. The normalized spacial score (nSPS) is 16.7. The number of amides is 2. The smallest absolute Gasteiger partial charge is 0.246 e. The summed E-state index contributed by atoms with van der Waals surface area (Å²) in [4.78, 5) is 28.4. The van der Waals surface area contributed by atoms with Crippen LogP contribution in [0.1, 0.15) is 6.42 Å². The minimum atomic E-state index is -0.00554. The van der Waals surface area contributed by atoms with Gasteiger partial charge in [0.2, 0.25) is 11.8 Å². The number of rotatable bonds is 4. The monoisotopic (exact) mass is 239 g/mol. The maximum Gasteiger partial charge on any atom is 0.246 e. The Hall–Kier alpha value is -1.36. The standard InChI is InChI=1S/C12H21N3O2/c1-4-11(16)15-9-7-14(8-10-15)6-5-12(17)13(2)3/h4H,1,5-10H2,2-3H3. The molecule has 96 valence electrons. The molecular formula is C12H21N3O2. The SMILES string of the molecule is C=CC(=O)N1CCN(CCC(=O)N(C)C)CC1. The summed E-state index contributed by atoms with van der Waals surface area (Å²) in [5.41, 5.74) is 0. The lowest BCUT2D eigenvalue weighted by Crippen LogP contribution is -2.48. The van der Waals surface area contributed by atoms with E-state index in [1.807, 2.05) is 0 Å². The number of hydrogen-bond donors (Lipinski definition) is 0. The third-order valence-electron chi connectivity index (χ3n) is 3.00. The average Bonchev–Trinajstić information content (AvgIpc) is 2.35. The molecule has 0 aromatic rings. The van der Waals surface area contributed by atoms with Gasteiger partial charge in [-0.3, -0.25) is 14.5 Å². The minimum absolute atomic E-state index is 0.00554. The largest absolute Gasteiger partial charge is 0.349 e. The van der Waals surface area contributed by atoms with Gasteiger partial charge < -0.3 is 9.80 Å². The summed E-state index contributed by atoms with van der Waals surface area (Å²) in [7, 11) is 3.53. The predicted octanol–water partition coefficient (Wildman–Crippen LogP) is -0.205. The van der Waals surface area contributed by atoms with Crippen LogP contribution in [0.4, 0.5) is 0 Å². The zero-order valence-electron chi connectivity index (χ0n) is 10.7. The van der Waals surface area contributed by atoms with Crippen LogP contribution in [0.25, 0.3) is 0 Å². The molecule has 1 aliphatic heterocycles. The van der Waals surface area contributed by atoms with Crippen molar-refractivity contribution in [1.82, 2.24) is 14.7 Å². The molecule has 0 aromatic heterocycles. The highest BCUT2D eigenvalue weighted by atomic mass is 16.2. The van der Waals surface area contributed by atoms with Gasteiger partial charge in [0.05, 0.1) is 0 Å². The van der Waals surface area contributed by atoms with Gasteiger partial charge in [0.25, 0.3) is 0 Å². The molecule has 1 rings (SSSR count). The molecule has 0 radical (unpaired) electrons. The van der Waals surface area contributed by atoms with Crippen LogP contribution in [0.2, 0.25) is 0 Å². The molecule has 17 heavy (non-hydrogen) atoms. The number of piperazine rings is 1. The van der Waals surface area contributed by atoms with Crippen LogP contribution >= 0.6 is 0 Å². The van der Waals surface area contributed by atoms with Crippen LogP contribution in [0.3, 0.4) is 0 Å². The Morgan fingerprint density at radius 3 is 2.29 bits per heavy atom. The second-order valence-electron chi connectivity index (χ2n) is 4.41. The number of hydrogen-bond acceptors (Lipinski definition) is 3. The Balaban J connectivity index is 2.26. The van der Waals surface area contributed by atoms with E-state index in [1.165, 1.54) is 6.08 Å². The minimum Gasteiger partial charge on any atom is -0.349 e. The Morgan fingerprint density at radius 1 is 1.24 bits per heavy atom. The van der Waals surface area contributed by atoms with Crippen molar-refractivity contribution in [3.05, 3.63) is 12.7 Å². The maximum absolute atomic E-state index is 11.4. The molecule has 1 fully saturated rings. The van der Waals surface area contributed by atoms with Gasteiger partial charge in [-0.05, 0) is 6.08 Å². The Kier molecular flexibility index (Phi) is 5.15. The molecule has 0 aliphatic carbocycles. The van der Waals surface area contributed by atoms with Crippen LogP contribution < -0.4 is 0 Å². The van der Waals surface area contributed by atoms with Gasteiger partial charge in [-0.25, -0.2) is 0 Å². The summed E-state index contributed by atoms with van der Waals surface area (Å²) in [6.45, 7) is 7.36. The first-order valence-corrected chi connectivity index (χ1v) is 5.88. The van der Waals surface area contributed by atoms with Crippen LogP contribution in [0.15, 0.2) is 12.7 Å². The van der Waals surface area contributed by atoms with Crippen molar-refractivity contribution in [1.29, 1.82) is 0 Å². The topological polar surface area (TPSA) is 43.9 Å². The van der Waals surface area contributed by atoms with Crippen molar-refractivity contribution in [2.45, 2.75) is 6.42 Å². The molecule has 0 spiro atoms. The summed E-state index contributed by atoms with van der Waals surface area (Å²) in [5.74, 6) is 0.142. The van der Waals surface area contributed by atoms with E-state index in [1.54, 1.807) is 23.9 Å². The number of nitrogens with zero attached hydrogens (tertiary/aromatic N) is 3. The molecule has 0 bridgehead atoms. The second-order valence-corrected chi connectivity index (χ2v) is 4.41. The molecule has 0 saturated carbocycles. The van der Waals surface area contributed by atoms with E-state index < -0.39 is 0 Å². The van der Waals surface area contributed by atoms with Crippen molar-refractivity contribution in [3.63, 3.8) is 0 Å². The zero-order valence-corrected chi connectivity index (χ0v) is 10.7. The predicted molar refractivity (Wildman–Crippen MR) is 66.5 cm³/mol. The van der Waals surface area contributed by atoms with Gasteiger partial charge >= 0.3 is 0 Å². The molecule has 0 aromatic carbocycles. The molecule has 5 heteroatoms. The number of carbonyl (C=O) groups excluding carboxylic acids is 2. The van der Waals surface area contributed by atoms with Gasteiger partial charge in [-0.2, -0.15) is 0 Å². The Labute approximate surface area is 103 Å². The average molecular weight is 239 g/mol. The van der Waals surface area contributed by atoms with Gasteiger partial charge in [-0.1, -0.05) is 6.58 Å². The van der Waals surface area contributed by atoms with E-state index in [0.717, 1.165) is 32.7 Å². The van der Waals surface area contributed by atoms with Crippen LogP contribution in [0, 0.1) is 0 Å². The van der Waals surface area contributed by atoms with E-state index >= 15 is 0 Å². The van der Waals surface area contributed by atoms with E-state index in [-0.39, 0.29) is 11.8 Å². The van der Waals surface area contributed by atoms with E-state index in [9.17, 15) is 9.59 Å². The fraction of sp³-hybridized carbons (Fsp3) is 0.667. The highest BCUT2D eigenvalue weighted by Crippen LogP contribution is 2.03. The first kappa shape index (κ1) is 13.7. The van der Waals surface area contributed by atoms with E-state index in [4.69, 9.17) is 0 Å². The van der Waals surface area contributed by atoms with Gasteiger partial charge in [0.1, 0.15) is 0 Å². The molecule has 0 unspecified atom stereocenters. The number of carbonyl (C=O) groups is 2.